The van der Waals surface area contributed by atoms with E-state index in [2.05, 4.69) is 21.0 Å². The van der Waals surface area contributed by atoms with E-state index in [0.717, 1.165) is 0 Å². The fourth-order valence-corrected chi connectivity index (χ4v) is 1.98. The summed E-state index contributed by atoms with van der Waals surface area (Å²) in [6.07, 6.45) is 1.42. The summed E-state index contributed by atoms with van der Waals surface area (Å²) >= 11 is 1.28. The van der Waals surface area contributed by atoms with Crippen molar-refractivity contribution in [1.29, 1.82) is 0 Å². The zero-order valence-corrected chi connectivity index (χ0v) is 10.4. The first kappa shape index (κ1) is 12.6. The van der Waals surface area contributed by atoms with Gasteiger partial charge in [0.2, 0.25) is 0 Å². The molecule has 2 heterocycles. The van der Waals surface area contributed by atoms with Crippen molar-refractivity contribution < 1.29 is 14.4 Å². The maximum atomic E-state index is 11.8. The Balaban J connectivity index is 2.01. The molecule has 0 spiro atoms. The number of aromatic nitrogens is 4. The molecule has 0 unspecified atom stereocenters. The Morgan fingerprint density at radius 2 is 2.44 bits per heavy atom. The fourth-order valence-electron chi connectivity index (χ4n) is 1.21. The number of rotatable bonds is 6. The van der Waals surface area contributed by atoms with Crippen molar-refractivity contribution in [3.63, 3.8) is 0 Å². The molecule has 0 atom stereocenters. The third kappa shape index (κ3) is 2.88. The van der Waals surface area contributed by atoms with Gasteiger partial charge in [-0.3, -0.25) is 9.63 Å². The van der Waals surface area contributed by atoms with Crippen LogP contribution in [-0.4, -0.2) is 46.4 Å². The number of carbonyl (C=O) groups excluding carboxylic acids is 1. The monoisotopic (exact) mass is 269 g/mol. The van der Waals surface area contributed by atoms with Gasteiger partial charge < -0.3 is 4.74 Å². The lowest BCUT2D eigenvalue weighted by molar-refractivity contribution is 0.00914. The highest BCUT2D eigenvalue weighted by Gasteiger charge is 2.15. The lowest BCUT2D eigenvalue weighted by Gasteiger charge is -2.05. The van der Waals surface area contributed by atoms with Crippen LogP contribution >= 0.6 is 11.3 Å². The van der Waals surface area contributed by atoms with Crippen molar-refractivity contribution in [2.24, 2.45) is 0 Å². The molecule has 0 bridgehead atoms. The van der Waals surface area contributed by atoms with Gasteiger partial charge in [-0.15, -0.1) is 16.4 Å². The van der Waals surface area contributed by atoms with Crippen LogP contribution in [-0.2, 0) is 9.57 Å². The maximum absolute atomic E-state index is 11.8. The first-order chi connectivity index (χ1) is 8.83. The van der Waals surface area contributed by atoms with Crippen molar-refractivity contribution >= 4 is 17.2 Å². The van der Waals surface area contributed by atoms with Crippen LogP contribution in [0, 0.1) is 0 Å². The molecule has 0 aliphatic heterocycles. The molecule has 0 saturated carbocycles. The number of carbonyl (C=O) groups is 1. The van der Waals surface area contributed by atoms with Crippen molar-refractivity contribution in [2.45, 2.75) is 0 Å². The number of ether oxygens (including phenoxy) is 1. The standard InChI is InChI=1S/C9H11N5O3S/c1-16-3-4-17-11-9(15)8-7(2-5-18-8)14-6-10-12-13-14/h2,5-6H,3-4H2,1H3,(H,11,15). The van der Waals surface area contributed by atoms with Gasteiger partial charge in [-0.25, -0.2) is 5.48 Å². The topological polar surface area (TPSA) is 91.2 Å². The molecule has 8 nitrogen and oxygen atoms in total. The second-order valence-electron chi connectivity index (χ2n) is 3.16. The van der Waals surface area contributed by atoms with Crippen LogP contribution in [0.25, 0.3) is 5.69 Å². The lowest BCUT2D eigenvalue weighted by Crippen LogP contribution is -2.25. The summed E-state index contributed by atoms with van der Waals surface area (Å²) in [6.45, 7) is 0.693. The highest BCUT2D eigenvalue weighted by atomic mass is 32.1. The summed E-state index contributed by atoms with van der Waals surface area (Å²) in [6, 6.07) is 1.76. The minimum atomic E-state index is -0.341. The molecule has 0 aliphatic carbocycles. The number of amides is 1. The predicted molar refractivity (Wildman–Crippen MR) is 62.3 cm³/mol. The molecular formula is C9H11N5O3S. The number of thiophene rings is 1. The average Bonchev–Trinajstić information content (AvgIpc) is 3.02. The van der Waals surface area contributed by atoms with Crippen LogP contribution < -0.4 is 5.48 Å². The molecule has 2 aromatic rings. The van der Waals surface area contributed by atoms with E-state index in [0.29, 0.717) is 17.2 Å². The second-order valence-corrected chi connectivity index (χ2v) is 4.08. The molecule has 1 N–H and O–H groups in total. The Morgan fingerprint density at radius 3 is 3.17 bits per heavy atom. The Morgan fingerprint density at radius 1 is 1.56 bits per heavy atom. The number of tetrazole rings is 1. The van der Waals surface area contributed by atoms with E-state index in [-0.39, 0.29) is 12.5 Å². The molecule has 0 saturated heterocycles. The van der Waals surface area contributed by atoms with Gasteiger partial charge in [-0.1, -0.05) is 0 Å². The number of nitrogens with one attached hydrogen (secondary N) is 1. The van der Waals surface area contributed by atoms with Gasteiger partial charge in [0, 0.05) is 7.11 Å². The molecule has 1 amide bonds. The summed E-state index contributed by atoms with van der Waals surface area (Å²) in [5.41, 5.74) is 2.94. The Labute approximate surface area is 106 Å². The van der Waals surface area contributed by atoms with Crippen molar-refractivity contribution in [3.05, 3.63) is 22.7 Å². The molecule has 0 fully saturated rings. The van der Waals surface area contributed by atoms with Crippen LogP contribution in [0.2, 0.25) is 0 Å². The molecule has 0 radical (unpaired) electrons. The van der Waals surface area contributed by atoms with Crippen LogP contribution in [0.5, 0.6) is 0 Å². The highest BCUT2D eigenvalue weighted by molar-refractivity contribution is 7.12. The number of methoxy groups -OCH3 is 1. The zero-order valence-electron chi connectivity index (χ0n) is 9.57. The summed E-state index contributed by atoms with van der Waals surface area (Å²) in [5.74, 6) is -0.341. The Hall–Kier alpha value is -1.84. The lowest BCUT2D eigenvalue weighted by atomic mass is 10.4. The van der Waals surface area contributed by atoms with Gasteiger partial charge in [0.15, 0.2) is 0 Å². The van der Waals surface area contributed by atoms with Gasteiger partial charge >= 0.3 is 0 Å². The van der Waals surface area contributed by atoms with Crippen LogP contribution in [0.1, 0.15) is 9.67 Å². The van der Waals surface area contributed by atoms with Gasteiger partial charge in [0.1, 0.15) is 11.2 Å². The van der Waals surface area contributed by atoms with Crippen molar-refractivity contribution in [2.75, 3.05) is 20.3 Å². The fraction of sp³-hybridized carbons (Fsp3) is 0.333. The first-order valence-corrected chi connectivity index (χ1v) is 5.93. The molecule has 18 heavy (non-hydrogen) atoms. The molecule has 9 heteroatoms. The van der Waals surface area contributed by atoms with E-state index in [1.54, 1.807) is 18.6 Å². The third-order valence-electron chi connectivity index (χ3n) is 2.00. The average molecular weight is 269 g/mol. The van der Waals surface area contributed by atoms with E-state index in [1.807, 2.05) is 0 Å². The summed E-state index contributed by atoms with van der Waals surface area (Å²) < 4.78 is 6.21. The Kier molecular flexibility index (Phi) is 4.34. The number of hydroxylamine groups is 1. The van der Waals surface area contributed by atoms with Crippen molar-refractivity contribution in [3.8, 4) is 5.69 Å². The predicted octanol–water partition coefficient (Wildman–Crippen LogP) is 0.0316. The van der Waals surface area contributed by atoms with Crippen molar-refractivity contribution in [1.82, 2.24) is 25.7 Å². The minimum Gasteiger partial charge on any atom is -0.382 e. The van der Waals surface area contributed by atoms with Crippen LogP contribution in [0.4, 0.5) is 0 Å². The summed E-state index contributed by atoms with van der Waals surface area (Å²) in [5, 5.41) is 12.6. The van der Waals surface area contributed by atoms with Gasteiger partial charge in [-0.2, -0.15) is 4.68 Å². The van der Waals surface area contributed by atoms with Gasteiger partial charge in [-0.05, 0) is 21.9 Å². The molecule has 2 rings (SSSR count). The van der Waals surface area contributed by atoms with E-state index >= 15 is 0 Å². The molecule has 0 aliphatic rings. The normalized spacial score (nSPS) is 10.5. The number of hydrogen-bond donors (Lipinski definition) is 1. The zero-order chi connectivity index (χ0) is 12.8. The SMILES string of the molecule is COCCONC(=O)c1sccc1-n1cnnn1. The third-order valence-corrected chi connectivity index (χ3v) is 2.90. The van der Waals surface area contributed by atoms with Gasteiger partial charge in [0.05, 0.1) is 18.9 Å². The summed E-state index contributed by atoms with van der Waals surface area (Å²) in [4.78, 5) is 17.3. The number of nitrogens with zero attached hydrogens (tertiary/aromatic N) is 4. The van der Waals surface area contributed by atoms with E-state index in [9.17, 15) is 4.79 Å². The quantitative estimate of drug-likeness (QED) is 0.587. The second kappa shape index (κ2) is 6.19. The van der Waals surface area contributed by atoms with E-state index in [1.165, 1.54) is 22.3 Å². The molecule has 96 valence electrons. The first-order valence-electron chi connectivity index (χ1n) is 5.05. The minimum absolute atomic E-state index is 0.286. The van der Waals surface area contributed by atoms with E-state index < -0.39 is 0 Å². The number of hydrogen-bond acceptors (Lipinski definition) is 7. The smallest absolute Gasteiger partial charge is 0.287 e. The van der Waals surface area contributed by atoms with Gasteiger partial charge in [0.25, 0.3) is 5.91 Å². The van der Waals surface area contributed by atoms with E-state index in [4.69, 9.17) is 9.57 Å². The molecule has 0 aromatic carbocycles. The summed E-state index contributed by atoms with van der Waals surface area (Å²) in [7, 11) is 1.56. The maximum Gasteiger partial charge on any atom is 0.287 e. The molecule has 2 aromatic heterocycles. The largest absolute Gasteiger partial charge is 0.382 e. The molecular weight excluding hydrogens is 258 g/mol. The highest BCUT2D eigenvalue weighted by Crippen LogP contribution is 2.19. The Bertz CT molecular complexity index is 498. The van der Waals surface area contributed by atoms with Crippen LogP contribution in [0.3, 0.4) is 0 Å². The van der Waals surface area contributed by atoms with Crippen LogP contribution in [0.15, 0.2) is 17.8 Å².